The van der Waals surface area contributed by atoms with Crippen LogP contribution in [0.2, 0.25) is 0 Å². The minimum absolute atomic E-state index is 0.0645. The van der Waals surface area contributed by atoms with Crippen molar-refractivity contribution in [2.24, 2.45) is 0 Å². The van der Waals surface area contributed by atoms with Crippen molar-refractivity contribution in [1.82, 2.24) is 15.0 Å². The van der Waals surface area contributed by atoms with E-state index in [1.165, 1.54) is 13.2 Å². The van der Waals surface area contributed by atoms with Crippen LogP contribution in [-0.4, -0.2) is 33.2 Å². The van der Waals surface area contributed by atoms with Crippen LogP contribution in [0.4, 0.5) is 16.3 Å². The molecule has 0 aliphatic heterocycles. The summed E-state index contributed by atoms with van der Waals surface area (Å²) in [5.74, 6) is 1.25. The van der Waals surface area contributed by atoms with Crippen LogP contribution in [0.3, 0.4) is 0 Å². The Hall–Kier alpha value is -4.07. The standard InChI is InChI=1S/C20H17N5O3/c1-28-17-10-9-12(11-16(17)26)21-20(27)25-18-8-4-7-15(22-18)19-23-13-5-2-3-6-14(13)24-19/h2-11,26H,1H3,(H,23,24)(H2,21,22,25,27). The molecule has 8 nitrogen and oxygen atoms in total. The number of aromatic nitrogens is 3. The van der Waals surface area contributed by atoms with Crippen LogP contribution in [0.5, 0.6) is 11.5 Å². The van der Waals surface area contributed by atoms with Crippen LogP contribution >= 0.6 is 0 Å². The topological polar surface area (TPSA) is 112 Å². The van der Waals surface area contributed by atoms with E-state index >= 15 is 0 Å². The molecule has 4 aromatic rings. The molecular formula is C20H17N5O3. The number of hydrogen-bond donors (Lipinski definition) is 4. The number of nitrogens with zero attached hydrogens (tertiary/aromatic N) is 2. The third-order valence-electron chi connectivity index (χ3n) is 4.06. The molecule has 0 radical (unpaired) electrons. The highest BCUT2D eigenvalue weighted by atomic mass is 16.5. The summed E-state index contributed by atoms with van der Waals surface area (Å²) in [4.78, 5) is 24.4. The molecule has 0 saturated carbocycles. The second-order valence-electron chi connectivity index (χ2n) is 5.98. The number of pyridine rings is 1. The van der Waals surface area contributed by atoms with Gasteiger partial charge in [0.25, 0.3) is 0 Å². The van der Waals surface area contributed by atoms with Gasteiger partial charge in [-0.2, -0.15) is 0 Å². The second-order valence-corrected chi connectivity index (χ2v) is 5.98. The number of carbonyl (C=O) groups excluding carboxylic acids is 1. The van der Waals surface area contributed by atoms with Crippen molar-refractivity contribution in [1.29, 1.82) is 0 Å². The molecule has 8 heteroatoms. The molecule has 0 aliphatic rings. The highest BCUT2D eigenvalue weighted by Gasteiger charge is 2.10. The number of anilines is 2. The number of benzene rings is 2. The summed E-state index contributed by atoms with van der Waals surface area (Å²) >= 11 is 0. The fraction of sp³-hybridized carbons (Fsp3) is 0.0500. The van der Waals surface area contributed by atoms with E-state index in [1.54, 1.807) is 24.3 Å². The summed E-state index contributed by atoms with van der Waals surface area (Å²) in [5, 5.41) is 15.1. The summed E-state index contributed by atoms with van der Waals surface area (Å²) < 4.78 is 4.98. The van der Waals surface area contributed by atoms with Crippen molar-refractivity contribution >= 4 is 28.6 Å². The van der Waals surface area contributed by atoms with Crippen molar-refractivity contribution < 1.29 is 14.6 Å². The lowest BCUT2D eigenvalue weighted by molar-refractivity contribution is 0.262. The number of ether oxygens (including phenoxy) is 1. The Labute approximate surface area is 160 Å². The predicted octanol–water partition coefficient (Wildman–Crippen LogP) is 3.98. The van der Waals surface area contributed by atoms with E-state index in [4.69, 9.17) is 4.74 Å². The van der Waals surface area contributed by atoms with Crippen LogP contribution in [0, 0.1) is 0 Å². The van der Waals surface area contributed by atoms with E-state index in [-0.39, 0.29) is 5.75 Å². The van der Waals surface area contributed by atoms with Gasteiger partial charge in [-0.1, -0.05) is 18.2 Å². The number of imidazole rings is 1. The van der Waals surface area contributed by atoms with E-state index in [0.717, 1.165) is 11.0 Å². The number of phenolic OH excluding ortho intramolecular Hbond substituents is 1. The van der Waals surface area contributed by atoms with Gasteiger partial charge in [0, 0.05) is 11.8 Å². The summed E-state index contributed by atoms with van der Waals surface area (Å²) in [7, 11) is 1.45. The lowest BCUT2D eigenvalue weighted by atomic mass is 10.3. The Morgan fingerprint density at radius 3 is 2.68 bits per heavy atom. The third-order valence-corrected chi connectivity index (χ3v) is 4.06. The Morgan fingerprint density at radius 1 is 1.04 bits per heavy atom. The SMILES string of the molecule is COc1ccc(NC(=O)Nc2cccc(-c3nc4ccccc4[nH]3)n2)cc1O. The van der Waals surface area contributed by atoms with Crippen LogP contribution in [0.1, 0.15) is 0 Å². The highest BCUT2D eigenvalue weighted by Crippen LogP contribution is 2.28. The van der Waals surface area contributed by atoms with Gasteiger partial charge in [0.15, 0.2) is 17.3 Å². The number of phenols is 1. The summed E-state index contributed by atoms with van der Waals surface area (Å²) in [5.41, 5.74) is 2.78. The van der Waals surface area contributed by atoms with Gasteiger partial charge in [-0.25, -0.2) is 14.8 Å². The third kappa shape index (κ3) is 3.56. The number of para-hydroxylation sites is 2. The molecule has 0 bridgehead atoms. The van der Waals surface area contributed by atoms with Crippen molar-refractivity contribution in [3.63, 3.8) is 0 Å². The lowest BCUT2D eigenvalue weighted by Crippen LogP contribution is -2.20. The second kappa shape index (κ2) is 7.28. The minimum Gasteiger partial charge on any atom is -0.504 e. The molecular weight excluding hydrogens is 358 g/mol. The normalized spacial score (nSPS) is 10.6. The van der Waals surface area contributed by atoms with E-state index in [0.29, 0.717) is 28.8 Å². The molecule has 0 aliphatic carbocycles. The Balaban J connectivity index is 1.50. The lowest BCUT2D eigenvalue weighted by Gasteiger charge is -2.09. The Kier molecular flexibility index (Phi) is 4.51. The molecule has 0 atom stereocenters. The van der Waals surface area contributed by atoms with E-state index in [2.05, 4.69) is 25.6 Å². The molecule has 140 valence electrons. The number of amides is 2. The molecule has 2 amide bonds. The van der Waals surface area contributed by atoms with Crippen molar-refractivity contribution in [3.05, 3.63) is 60.7 Å². The molecule has 4 rings (SSSR count). The fourth-order valence-electron chi connectivity index (χ4n) is 2.76. The average molecular weight is 375 g/mol. The Bertz CT molecular complexity index is 1120. The maximum absolute atomic E-state index is 12.2. The molecule has 0 spiro atoms. The van der Waals surface area contributed by atoms with Crippen molar-refractivity contribution in [3.8, 4) is 23.0 Å². The van der Waals surface area contributed by atoms with Gasteiger partial charge < -0.3 is 20.1 Å². The van der Waals surface area contributed by atoms with Gasteiger partial charge in [-0.05, 0) is 36.4 Å². The quantitative estimate of drug-likeness (QED) is 0.431. The van der Waals surface area contributed by atoms with Crippen LogP contribution in [-0.2, 0) is 0 Å². The zero-order chi connectivity index (χ0) is 19.5. The summed E-state index contributed by atoms with van der Waals surface area (Å²) in [6.07, 6.45) is 0. The van der Waals surface area contributed by atoms with E-state index in [1.807, 2.05) is 30.3 Å². The first kappa shape index (κ1) is 17.3. The van der Waals surface area contributed by atoms with Gasteiger partial charge in [0.05, 0.1) is 18.1 Å². The van der Waals surface area contributed by atoms with Crippen LogP contribution < -0.4 is 15.4 Å². The van der Waals surface area contributed by atoms with Crippen LogP contribution in [0.15, 0.2) is 60.7 Å². The molecule has 0 fully saturated rings. The van der Waals surface area contributed by atoms with E-state index in [9.17, 15) is 9.90 Å². The van der Waals surface area contributed by atoms with Crippen molar-refractivity contribution in [2.45, 2.75) is 0 Å². The van der Waals surface area contributed by atoms with E-state index < -0.39 is 6.03 Å². The number of urea groups is 1. The Morgan fingerprint density at radius 2 is 1.89 bits per heavy atom. The predicted molar refractivity (Wildman–Crippen MR) is 107 cm³/mol. The number of aromatic hydroxyl groups is 1. The van der Waals surface area contributed by atoms with Gasteiger partial charge in [0.1, 0.15) is 11.5 Å². The van der Waals surface area contributed by atoms with Crippen LogP contribution in [0.25, 0.3) is 22.6 Å². The number of methoxy groups -OCH3 is 1. The molecule has 2 aromatic carbocycles. The number of H-pyrrole nitrogens is 1. The first-order valence-corrected chi connectivity index (χ1v) is 8.49. The van der Waals surface area contributed by atoms with Gasteiger partial charge in [-0.15, -0.1) is 0 Å². The summed E-state index contributed by atoms with van der Waals surface area (Å²) in [6.45, 7) is 0. The largest absolute Gasteiger partial charge is 0.504 e. The number of rotatable bonds is 4. The van der Waals surface area contributed by atoms with Gasteiger partial charge in [-0.3, -0.25) is 5.32 Å². The number of fused-ring (bicyclic) bond motifs is 1. The minimum atomic E-state index is -0.487. The highest BCUT2D eigenvalue weighted by molar-refractivity contribution is 5.99. The van der Waals surface area contributed by atoms with Crippen molar-refractivity contribution in [2.75, 3.05) is 17.7 Å². The maximum atomic E-state index is 12.2. The summed E-state index contributed by atoms with van der Waals surface area (Å²) in [6, 6.07) is 17.1. The number of aromatic amines is 1. The molecule has 2 heterocycles. The molecule has 0 unspecified atom stereocenters. The zero-order valence-electron chi connectivity index (χ0n) is 14.9. The number of carbonyl (C=O) groups is 1. The molecule has 2 aromatic heterocycles. The maximum Gasteiger partial charge on any atom is 0.324 e. The zero-order valence-corrected chi connectivity index (χ0v) is 14.9. The fourth-order valence-corrected chi connectivity index (χ4v) is 2.76. The smallest absolute Gasteiger partial charge is 0.324 e. The number of hydrogen-bond acceptors (Lipinski definition) is 5. The first-order valence-electron chi connectivity index (χ1n) is 8.49. The molecule has 4 N–H and O–H groups in total. The monoisotopic (exact) mass is 375 g/mol. The number of nitrogens with one attached hydrogen (secondary N) is 3. The van der Waals surface area contributed by atoms with Gasteiger partial charge >= 0.3 is 6.03 Å². The van der Waals surface area contributed by atoms with Gasteiger partial charge in [0.2, 0.25) is 0 Å². The molecule has 0 saturated heterocycles. The molecule has 28 heavy (non-hydrogen) atoms. The first-order chi connectivity index (χ1) is 13.6. The average Bonchev–Trinajstić information content (AvgIpc) is 3.12.